The van der Waals surface area contributed by atoms with Gasteiger partial charge in [0.25, 0.3) is 5.91 Å². The number of carbonyl (C=O) groups excluding carboxylic acids is 2. The Balaban J connectivity index is 2.00. The van der Waals surface area contributed by atoms with Crippen LogP contribution in [0.5, 0.6) is 0 Å². The predicted molar refractivity (Wildman–Crippen MR) is 79.3 cm³/mol. The van der Waals surface area contributed by atoms with E-state index in [1.807, 2.05) is 6.07 Å². The van der Waals surface area contributed by atoms with Crippen molar-refractivity contribution in [3.8, 4) is 0 Å². The molecule has 4 heteroatoms. The summed E-state index contributed by atoms with van der Waals surface area (Å²) >= 11 is 5.84. The molecule has 0 radical (unpaired) electrons. The molecule has 0 spiro atoms. The van der Waals surface area contributed by atoms with Crippen molar-refractivity contribution >= 4 is 23.3 Å². The fourth-order valence-corrected chi connectivity index (χ4v) is 2.09. The van der Waals surface area contributed by atoms with Crippen LogP contribution in [0.25, 0.3) is 0 Å². The zero-order chi connectivity index (χ0) is 14.5. The number of Topliss-reactive ketones (excluding diaryl/α,β-unsaturated/α-hetero) is 1. The van der Waals surface area contributed by atoms with Gasteiger partial charge < -0.3 is 5.32 Å². The van der Waals surface area contributed by atoms with Gasteiger partial charge in [-0.1, -0.05) is 41.9 Å². The molecule has 0 saturated heterocycles. The summed E-state index contributed by atoms with van der Waals surface area (Å²) < 4.78 is 0. The minimum atomic E-state index is -0.275. The summed E-state index contributed by atoms with van der Waals surface area (Å²) in [7, 11) is 0. The van der Waals surface area contributed by atoms with Crippen molar-refractivity contribution in [1.29, 1.82) is 0 Å². The number of ketones is 1. The Kier molecular flexibility index (Phi) is 4.53. The molecule has 102 valence electrons. The van der Waals surface area contributed by atoms with E-state index in [0.29, 0.717) is 16.1 Å². The molecule has 0 atom stereocenters. The van der Waals surface area contributed by atoms with Crippen LogP contribution in [-0.2, 0) is 0 Å². The lowest BCUT2D eigenvalue weighted by Gasteiger charge is -2.07. The number of nitrogens with one attached hydrogen (secondary N) is 1. The van der Waals surface area contributed by atoms with Gasteiger partial charge in [0.1, 0.15) is 0 Å². The number of hydrogen-bond donors (Lipinski definition) is 1. The third-order valence-corrected chi connectivity index (χ3v) is 3.17. The van der Waals surface area contributed by atoms with E-state index < -0.39 is 0 Å². The van der Waals surface area contributed by atoms with Crippen molar-refractivity contribution in [3.63, 3.8) is 0 Å². The summed E-state index contributed by atoms with van der Waals surface area (Å²) in [6.07, 6.45) is 0. The van der Waals surface area contributed by atoms with Gasteiger partial charge in [0.2, 0.25) is 0 Å². The van der Waals surface area contributed by atoms with Crippen LogP contribution in [0.1, 0.15) is 26.3 Å². The minimum absolute atomic E-state index is 0.0229. The van der Waals surface area contributed by atoms with Gasteiger partial charge in [0.05, 0.1) is 6.54 Å². The first-order valence-electron chi connectivity index (χ1n) is 6.20. The Labute approximate surface area is 122 Å². The molecule has 1 N–H and O–H groups in total. The van der Waals surface area contributed by atoms with Crippen LogP contribution >= 0.6 is 11.6 Å². The normalized spacial score (nSPS) is 10.1. The van der Waals surface area contributed by atoms with E-state index in [4.69, 9.17) is 11.6 Å². The predicted octanol–water partition coefficient (Wildman–Crippen LogP) is 3.26. The van der Waals surface area contributed by atoms with Crippen LogP contribution in [0.2, 0.25) is 5.02 Å². The molecule has 0 aromatic heterocycles. The monoisotopic (exact) mass is 287 g/mol. The van der Waals surface area contributed by atoms with E-state index in [0.717, 1.165) is 5.56 Å². The Bertz CT molecular complexity index is 638. The lowest BCUT2D eigenvalue weighted by atomic mass is 10.1. The zero-order valence-corrected chi connectivity index (χ0v) is 11.8. The average molecular weight is 288 g/mol. The fraction of sp³-hybridized carbons (Fsp3) is 0.125. The van der Waals surface area contributed by atoms with Crippen molar-refractivity contribution in [3.05, 3.63) is 70.2 Å². The molecule has 2 rings (SSSR count). The molecule has 0 heterocycles. The first-order chi connectivity index (χ1) is 9.58. The summed E-state index contributed by atoms with van der Waals surface area (Å²) in [6.45, 7) is 1.78. The summed E-state index contributed by atoms with van der Waals surface area (Å²) in [4.78, 5) is 23.9. The highest BCUT2D eigenvalue weighted by molar-refractivity contribution is 6.30. The van der Waals surface area contributed by atoms with E-state index in [-0.39, 0.29) is 18.2 Å². The first kappa shape index (κ1) is 14.3. The van der Waals surface area contributed by atoms with E-state index in [1.165, 1.54) is 0 Å². The van der Waals surface area contributed by atoms with Gasteiger partial charge in [-0.2, -0.15) is 0 Å². The van der Waals surface area contributed by atoms with Crippen LogP contribution in [0.15, 0.2) is 48.5 Å². The standard InChI is InChI=1S/C16H14ClNO2/c1-11-9-13(17)7-8-14(11)16(20)18-10-15(19)12-5-3-2-4-6-12/h2-9H,10H2,1H3,(H,18,20). The van der Waals surface area contributed by atoms with Crippen LogP contribution in [-0.4, -0.2) is 18.2 Å². The number of benzene rings is 2. The van der Waals surface area contributed by atoms with Gasteiger partial charge in [0.15, 0.2) is 5.78 Å². The van der Waals surface area contributed by atoms with Crippen LogP contribution < -0.4 is 5.32 Å². The molecular formula is C16H14ClNO2. The molecule has 1 amide bonds. The highest BCUT2D eigenvalue weighted by atomic mass is 35.5. The second-order valence-electron chi connectivity index (χ2n) is 4.43. The third kappa shape index (κ3) is 3.45. The van der Waals surface area contributed by atoms with Crippen molar-refractivity contribution in [2.24, 2.45) is 0 Å². The summed E-state index contributed by atoms with van der Waals surface area (Å²) in [5.74, 6) is -0.394. The number of hydrogen-bond acceptors (Lipinski definition) is 2. The second-order valence-corrected chi connectivity index (χ2v) is 4.87. The van der Waals surface area contributed by atoms with Gasteiger partial charge in [-0.25, -0.2) is 0 Å². The van der Waals surface area contributed by atoms with Gasteiger partial charge in [0, 0.05) is 16.1 Å². The topological polar surface area (TPSA) is 46.2 Å². The highest BCUT2D eigenvalue weighted by Crippen LogP contribution is 2.15. The molecule has 2 aromatic carbocycles. The molecule has 0 aliphatic rings. The molecule has 0 aliphatic heterocycles. The van der Waals surface area contributed by atoms with E-state index >= 15 is 0 Å². The number of carbonyl (C=O) groups is 2. The second kappa shape index (κ2) is 6.35. The molecular weight excluding hydrogens is 274 g/mol. The summed E-state index contributed by atoms with van der Waals surface area (Å²) in [6, 6.07) is 13.9. The molecule has 0 saturated carbocycles. The molecule has 0 fully saturated rings. The third-order valence-electron chi connectivity index (χ3n) is 2.94. The van der Waals surface area contributed by atoms with Crippen molar-refractivity contribution in [2.75, 3.05) is 6.54 Å². The van der Waals surface area contributed by atoms with Gasteiger partial charge >= 0.3 is 0 Å². The maximum absolute atomic E-state index is 12.0. The van der Waals surface area contributed by atoms with Gasteiger partial charge in [-0.15, -0.1) is 0 Å². The minimum Gasteiger partial charge on any atom is -0.345 e. The SMILES string of the molecule is Cc1cc(Cl)ccc1C(=O)NCC(=O)c1ccccc1. The largest absolute Gasteiger partial charge is 0.345 e. The Morgan fingerprint density at radius 1 is 1.10 bits per heavy atom. The maximum atomic E-state index is 12.0. The van der Waals surface area contributed by atoms with E-state index in [9.17, 15) is 9.59 Å². The van der Waals surface area contributed by atoms with E-state index in [1.54, 1.807) is 49.4 Å². The molecule has 0 unspecified atom stereocenters. The summed E-state index contributed by atoms with van der Waals surface area (Å²) in [5, 5.41) is 3.21. The van der Waals surface area contributed by atoms with Crippen LogP contribution in [0.4, 0.5) is 0 Å². The zero-order valence-electron chi connectivity index (χ0n) is 11.0. The van der Waals surface area contributed by atoms with Crippen molar-refractivity contribution in [2.45, 2.75) is 6.92 Å². The molecule has 2 aromatic rings. The molecule has 0 aliphatic carbocycles. The van der Waals surface area contributed by atoms with Crippen molar-refractivity contribution in [1.82, 2.24) is 5.32 Å². The smallest absolute Gasteiger partial charge is 0.251 e. The van der Waals surface area contributed by atoms with Gasteiger partial charge in [-0.05, 0) is 30.7 Å². The van der Waals surface area contributed by atoms with Crippen LogP contribution in [0, 0.1) is 6.92 Å². The number of aryl methyl sites for hydroxylation is 1. The fourth-order valence-electron chi connectivity index (χ4n) is 1.86. The lowest BCUT2D eigenvalue weighted by Crippen LogP contribution is -2.30. The number of amides is 1. The average Bonchev–Trinajstić information content (AvgIpc) is 2.45. The molecule has 3 nitrogen and oxygen atoms in total. The van der Waals surface area contributed by atoms with Crippen molar-refractivity contribution < 1.29 is 9.59 Å². The Hall–Kier alpha value is -2.13. The quantitative estimate of drug-likeness (QED) is 0.877. The van der Waals surface area contributed by atoms with E-state index in [2.05, 4.69) is 5.32 Å². The molecule has 20 heavy (non-hydrogen) atoms. The Morgan fingerprint density at radius 3 is 2.45 bits per heavy atom. The maximum Gasteiger partial charge on any atom is 0.251 e. The highest BCUT2D eigenvalue weighted by Gasteiger charge is 2.11. The summed E-state index contributed by atoms with van der Waals surface area (Å²) in [5.41, 5.74) is 1.89. The number of rotatable bonds is 4. The van der Waals surface area contributed by atoms with Crippen LogP contribution in [0.3, 0.4) is 0 Å². The first-order valence-corrected chi connectivity index (χ1v) is 6.58. The molecule has 0 bridgehead atoms. The van der Waals surface area contributed by atoms with Gasteiger partial charge in [-0.3, -0.25) is 9.59 Å². The lowest BCUT2D eigenvalue weighted by molar-refractivity contribution is 0.0903. The Morgan fingerprint density at radius 2 is 1.80 bits per heavy atom. The number of halogens is 1.